The van der Waals surface area contributed by atoms with Crippen molar-refractivity contribution in [3.63, 3.8) is 0 Å². The van der Waals surface area contributed by atoms with Crippen LogP contribution in [0.3, 0.4) is 0 Å². The minimum absolute atomic E-state index is 0.418. The van der Waals surface area contributed by atoms with Crippen molar-refractivity contribution < 1.29 is 0 Å². The Morgan fingerprint density at radius 2 is 2.00 bits per heavy atom. The smallest absolute Gasteiger partial charge is 0.0510 e. The van der Waals surface area contributed by atoms with Crippen LogP contribution in [0, 0.1) is 0 Å². The highest BCUT2D eigenvalue weighted by atomic mass is 79.9. The van der Waals surface area contributed by atoms with Crippen molar-refractivity contribution in [2.24, 2.45) is 0 Å². The first-order chi connectivity index (χ1) is 8.72. The molecule has 1 aliphatic heterocycles. The van der Waals surface area contributed by atoms with Crippen LogP contribution in [-0.4, -0.2) is 19.6 Å². The molecular formula is C15H23BrN2. The average molecular weight is 311 g/mol. The van der Waals surface area contributed by atoms with E-state index in [2.05, 4.69) is 58.2 Å². The zero-order valence-corrected chi connectivity index (χ0v) is 13.0. The lowest BCUT2D eigenvalue weighted by molar-refractivity contribution is 0.576. The van der Waals surface area contributed by atoms with Gasteiger partial charge in [-0.1, -0.05) is 13.0 Å². The molecule has 1 atom stereocenters. The number of benzene rings is 1. The van der Waals surface area contributed by atoms with Crippen LogP contribution in [0.2, 0.25) is 0 Å². The van der Waals surface area contributed by atoms with Gasteiger partial charge >= 0.3 is 0 Å². The molecule has 18 heavy (non-hydrogen) atoms. The predicted molar refractivity (Wildman–Crippen MR) is 82.3 cm³/mol. The van der Waals surface area contributed by atoms with Gasteiger partial charge in [0.05, 0.1) is 5.69 Å². The topological polar surface area (TPSA) is 15.3 Å². The predicted octanol–water partition coefficient (Wildman–Crippen LogP) is 4.11. The Kier molecular flexibility index (Phi) is 5.07. The molecule has 0 aromatic heterocycles. The Hall–Kier alpha value is -0.540. The fourth-order valence-corrected chi connectivity index (χ4v) is 3.26. The Labute approximate surface area is 119 Å². The van der Waals surface area contributed by atoms with Crippen LogP contribution in [0.25, 0.3) is 0 Å². The number of hydrogen-bond acceptors (Lipinski definition) is 2. The van der Waals surface area contributed by atoms with Crippen LogP contribution >= 0.6 is 15.9 Å². The van der Waals surface area contributed by atoms with Gasteiger partial charge in [0.2, 0.25) is 0 Å². The monoisotopic (exact) mass is 310 g/mol. The lowest BCUT2D eigenvalue weighted by atomic mass is 10.1. The molecule has 1 aliphatic rings. The summed E-state index contributed by atoms with van der Waals surface area (Å²) in [5.74, 6) is 0. The molecule has 0 spiro atoms. The van der Waals surface area contributed by atoms with Crippen molar-refractivity contribution in [1.29, 1.82) is 0 Å². The van der Waals surface area contributed by atoms with E-state index in [0.29, 0.717) is 6.04 Å². The molecule has 0 amide bonds. The third-order valence-electron chi connectivity index (χ3n) is 3.68. The van der Waals surface area contributed by atoms with Gasteiger partial charge in [0.15, 0.2) is 0 Å². The fourth-order valence-electron chi connectivity index (χ4n) is 2.61. The van der Waals surface area contributed by atoms with Crippen molar-refractivity contribution in [3.05, 3.63) is 28.2 Å². The number of rotatable bonds is 4. The fraction of sp³-hybridized carbons (Fsp3) is 0.600. The van der Waals surface area contributed by atoms with Gasteiger partial charge < -0.3 is 10.2 Å². The Bertz CT molecular complexity index is 386. The molecule has 0 aliphatic carbocycles. The third-order valence-corrected chi connectivity index (χ3v) is 4.31. The van der Waals surface area contributed by atoms with Crippen molar-refractivity contribution in [1.82, 2.24) is 5.32 Å². The van der Waals surface area contributed by atoms with Crippen molar-refractivity contribution in [2.75, 3.05) is 24.5 Å². The summed E-state index contributed by atoms with van der Waals surface area (Å²) >= 11 is 3.73. The summed E-state index contributed by atoms with van der Waals surface area (Å²) in [5.41, 5.74) is 2.70. The van der Waals surface area contributed by atoms with Crippen molar-refractivity contribution >= 4 is 21.6 Å². The van der Waals surface area contributed by atoms with E-state index in [1.807, 2.05) is 0 Å². The zero-order valence-electron chi connectivity index (χ0n) is 11.4. The molecule has 100 valence electrons. The number of piperidine rings is 1. The standard InChI is InChI=1S/C15H23BrN2/c1-3-17-12(2)13-7-8-15(14(16)11-13)18-9-5-4-6-10-18/h7-8,11-12,17H,3-6,9-10H2,1-2H3. The minimum atomic E-state index is 0.418. The molecule has 1 aromatic carbocycles. The Balaban J connectivity index is 2.13. The van der Waals surface area contributed by atoms with Crippen molar-refractivity contribution in [3.8, 4) is 0 Å². The highest BCUT2D eigenvalue weighted by Gasteiger charge is 2.14. The summed E-state index contributed by atoms with van der Waals surface area (Å²) in [7, 11) is 0. The van der Waals surface area contributed by atoms with Gasteiger partial charge in [-0.15, -0.1) is 0 Å². The number of nitrogens with one attached hydrogen (secondary N) is 1. The quantitative estimate of drug-likeness (QED) is 0.900. The van der Waals surface area contributed by atoms with E-state index < -0.39 is 0 Å². The Morgan fingerprint density at radius 3 is 2.61 bits per heavy atom. The molecule has 1 saturated heterocycles. The normalized spacial score (nSPS) is 17.8. The number of nitrogens with zero attached hydrogens (tertiary/aromatic N) is 1. The molecule has 1 heterocycles. The highest BCUT2D eigenvalue weighted by Crippen LogP contribution is 2.31. The molecule has 0 bridgehead atoms. The number of halogens is 1. The first kappa shape index (κ1) is 13.9. The second kappa shape index (κ2) is 6.58. The molecule has 1 unspecified atom stereocenters. The van der Waals surface area contributed by atoms with Crippen LogP contribution in [0.4, 0.5) is 5.69 Å². The molecule has 0 saturated carbocycles. The van der Waals surface area contributed by atoms with Gasteiger partial charge in [-0.3, -0.25) is 0 Å². The van der Waals surface area contributed by atoms with E-state index in [1.54, 1.807) is 0 Å². The van der Waals surface area contributed by atoms with E-state index in [-0.39, 0.29) is 0 Å². The molecular weight excluding hydrogens is 288 g/mol. The maximum atomic E-state index is 3.73. The van der Waals surface area contributed by atoms with E-state index in [1.165, 1.54) is 48.1 Å². The van der Waals surface area contributed by atoms with Crippen LogP contribution in [0.5, 0.6) is 0 Å². The summed E-state index contributed by atoms with van der Waals surface area (Å²) in [6.07, 6.45) is 4.02. The minimum Gasteiger partial charge on any atom is -0.371 e. The van der Waals surface area contributed by atoms with Gasteiger partial charge in [0.1, 0.15) is 0 Å². The van der Waals surface area contributed by atoms with Gasteiger partial charge in [-0.25, -0.2) is 0 Å². The molecule has 1 fully saturated rings. The van der Waals surface area contributed by atoms with Gasteiger partial charge in [-0.05, 0) is 66.4 Å². The van der Waals surface area contributed by atoms with Gasteiger partial charge in [0.25, 0.3) is 0 Å². The lowest BCUT2D eigenvalue weighted by Gasteiger charge is -2.30. The van der Waals surface area contributed by atoms with Crippen LogP contribution in [0.15, 0.2) is 22.7 Å². The van der Waals surface area contributed by atoms with E-state index in [0.717, 1.165) is 6.54 Å². The zero-order chi connectivity index (χ0) is 13.0. The largest absolute Gasteiger partial charge is 0.371 e. The van der Waals surface area contributed by atoms with Crippen LogP contribution in [0.1, 0.15) is 44.7 Å². The average Bonchev–Trinajstić information content (AvgIpc) is 2.40. The summed E-state index contributed by atoms with van der Waals surface area (Å²) in [5, 5.41) is 3.45. The second-order valence-electron chi connectivity index (χ2n) is 5.04. The van der Waals surface area contributed by atoms with Gasteiger partial charge in [-0.2, -0.15) is 0 Å². The maximum absolute atomic E-state index is 3.73. The number of anilines is 1. The summed E-state index contributed by atoms with van der Waals surface area (Å²) in [6.45, 7) is 7.76. The van der Waals surface area contributed by atoms with Crippen molar-refractivity contribution in [2.45, 2.75) is 39.2 Å². The van der Waals surface area contributed by atoms with Crippen LogP contribution < -0.4 is 10.2 Å². The molecule has 0 radical (unpaired) electrons. The molecule has 2 nitrogen and oxygen atoms in total. The van der Waals surface area contributed by atoms with E-state index in [9.17, 15) is 0 Å². The lowest BCUT2D eigenvalue weighted by Crippen LogP contribution is -2.29. The van der Waals surface area contributed by atoms with Crippen LogP contribution in [-0.2, 0) is 0 Å². The van der Waals surface area contributed by atoms with E-state index in [4.69, 9.17) is 0 Å². The first-order valence-electron chi connectivity index (χ1n) is 7.00. The molecule has 2 rings (SSSR count). The summed E-state index contributed by atoms with van der Waals surface area (Å²) in [4.78, 5) is 2.50. The maximum Gasteiger partial charge on any atom is 0.0510 e. The number of hydrogen-bond donors (Lipinski definition) is 1. The van der Waals surface area contributed by atoms with Gasteiger partial charge in [0, 0.05) is 23.6 Å². The SMILES string of the molecule is CCNC(C)c1ccc(N2CCCCC2)c(Br)c1. The second-order valence-corrected chi connectivity index (χ2v) is 5.89. The molecule has 3 heteroatoms. The summed E-state index contributed by atoms with van der Waals surface area (Å²) < 4.78 is 1.23. The molecule has 1 N–H and O–H groups in total. The van der Waals surface area contributed by atoms with E-state index >= 15 is 0 Å². The Morgan fingerprint density at radius 1 is 1.28 bits per heavy atom. The third kappa shape index (κ3) is 3.27. The molecule has 1 aromatic rings. The first-order valence-corrected chi connectivity index (χ1v) is 7.79. The summed E-state index contributed by atoms with van der Waals surface area (Å²) in [6, 6.07) is 7.19. The highest BCUT2D eigenvalue weighted by molar-refractivity contribution is 9.10.